The zero-order chi connectivity index (χ0) is 16.9. The Morgan fingerprint density at radius 1 is 1.38 bits per heavy atom. The van der Waals surface area contributed by atoms with Crippen LogP contribution in [0.15, 0.2) is 30.6 Å². The summed E-state index contributed by atoms with van der Waals surface area (Å²) < 4.78 is 21.6. The molecule has 6 heteroatoms. The molecule has 0 aliphatic heterocycles. The van der Waals surface area contributed by atoms with Crippen molar-refractivity contribution in [2.75, 3.05) is 11.9 Å². The number of aromatic nitrogens is 2. The van der Waals surface area contributed by atoms with Crippen LogP contribution in [-0.2, 0) is 9.53 Å². The van der Waals surface area contributed by atoms with Gasteiger partial charge in [0.1, 0.15) is 18.2 Å². The summed E-state index contributed by atoms with van der Waals surface area (Å²) in [6.45, 7) is 1.81. The zero-order valence-corrected chi connectivity index (χ0v) is 13.8. The van der Waals surface area contributed by atoms with E-state index in [1.807, 2.05) is 0 Å². The van der Waals surface area contributed by atoms with E-state index in [0.717, 1.165) is 25.7 Å². The summed E-state index contributed by atoms with van der Waals surface area (Å²) in [5.41, 5.74) is 0.827. The molecule has 24 heavy (non-hydrogen) atoms. The number of benzene rings is 1. The van der Waals surface area contributed by atoms with E-state index < -0.39 is 5.82 Å². The quantitative estimate of drug-likeness (QED) is 0.910. The number of nitrogens with zero attached hydrogens (tertiary/aromatic N) is 2. The van der Waals surface area contributed by atoms with Gasteiger partial charge >= 0.3 is 0 Å². The van der Waals surface area contributed by atoms with Crippen LogP contribution in [0.1, 0.15) is 37.9 Å². The standard InChI is InChI=1S/C18H22FN3O2/c1-13-20-9-10-22(13)17-8-7-14(11-16(17)19)21-18(23)12-24-15-5-3-2-4-6-15/h7-11,15H,2-6,12H2,1H3,(H,21,23). The van der Waals surface area contributed by atoms with Gasteiger partial charge in [0, 0.05) is 18.1 Å². The number of carbonyl (C=O) groups excluding carboxylic acids is 1. The molecule has 0 unspecified atom stereocenters. The van der Waals surface area contributed by atoms with Crippen LogP contribution in [0.4, 0.5) is 10.1 Å². The van der Waals surface area contributed by atoms with E-state index in [0.29, 0.717) is 17.2 Å². The molecule has 1 amide bonds. The molecular formula is C18H22FN3O2. The van der Waals surface area contributed by atoms with Gasteiger partial charge in [-0.25, -0.2) is 9.37 Å². The summed E-state index contributed by atoms with van der Waals surface area (Å²) in [5, 5.41) is 2.68. The van der Waals surface area contributed by atoms with Crippen molar-refractivity contribution in [3.05, 3.63) is 42.2 Å². The second-order valence-corrected chi connectivity index (χ2v) is 6.13. The number of aryl methyl sites for hydroxylation is 1. The van der Waals surface area contributed by atoms with Crippen LogP contribution in [0.5, 0.6) is 0 Å². The fraction of sp³-hybridized carbons (Fsp3) is 0.444. The maximum atomic E-state index is 14.3. The van der Waals surface area contributed by atoms with Crippen LogP contribution in [0.2, 0.25) is 0 Å². The van der Waals surface area contributed by atoms with Crippen molar-refractivity contribution in [3.8, 4) is 5.69 Å². The molecule has 0 saturated heterocycles. The van der Waals surface area contributed by atoms with E-state index in [9.17, 15) is 9.18 Å². The number of rotatable bonds is 5. The van der Waals surface area contributed by atoms with E-state index in [1.165, 1.54) is 12.5 Å². The molecule has 5 nitrogen and oxygen atoms in total. The Balaban J connectivity index is 1.58. The number of imidazole rings is 1. The predicted molar refractivity (Wildman–Crippen MR) is 89.7 cm³/mol. The summed E-state index contributed by atoms with van der Waals surface area (Å²) in [4.78, 5) is 16.0. The Labute approximate surface area is 140 Å². The number of hydrogen-bond acceptors (Lipinski definition) is 3. The molecule has 1 fully saturated rings. The van der Waals surface area contributed by atoms with Crippen molar-refractivity contribution in [1.29, 1.82) is 0 Å². The molecule has 1 aliphatic rings. The first kappa shape index (κ1) is 16.6. The third kappa shape index (κ3) is 4.00. The first-order valence-electron chi connectivity index (χ1n) is 8.35. The monoisotopic (exact) mass is 331 g/mol. The highest BCUT2D eigenvalue weighted by Crippen LogP contribution is 2.21. The zero-order valence-electron chi connectivity index (χ0n) is 13.8. The van der Waals surface area contributed by atoms with E-state index in [2.05, 4.69) is 10.3 Å². The molecule has 1 aromatic carbocycles. The van der Waals surface area contributed by atoms with Crippen LogP contribution < -0.4 is 5.32 Å². The van der Waals surface area contributed by atoms with Crippen LogP contribution in [0.25, 0.3) is 5.69 Å². The molecule has 1 saturated carbocycles. The van der Waals surface area contributed by atoms with Gasteiger partial charge in [-0.2, -0.15) is 0 Å². The van der Waals surface area contributed by atoms with Crippen molar-refractivity contribution >= 4 is 11.6 Å². The molecule has 128 valence electrons. The Morgan fingerprint density at radius 2 is 2.17 bits per heavy atom. The van der Waals surface area contributed by atoms with Crippen molar-refractivity contribution in [3.63, 3.8) is 0 Å². The normalized spacial score (nSPS) is 15.4. The Hall–Kier alpha value is -2.21. The molecule has 1 heterocycles. The number of hydrogen-bond donors (Lipinski definition) is 1. The van der Waals surface area contributed by atoms with Crippen molar-refractivity contribution in [2.45, 2.75) is 45.1 Å². The third-order valence-electron chi connectivity index (χ3n) is 4.32. The second kappa shape index (κ2) is 7.57. The van der Waals surface area contributed by atoms with Crippen LogP contribution >= 0.6 is 0 Å². The molecule has 1 N–H and O–H groups in total. The average molecular weight is 331 g/mol. The largest absolute Gasteiger partial charge is 0.368 e. The number of halogens is 1. The van der Waals surface area contributed by atoms with Gasteiger partial charge in [0.05, 0.1) is 11.8 Å². The minimum absolute atomic E-state index is 0.00860. The molecule has 0 atom stereocenters. The van der Waals surface area contributed by atoms with E-state index >= 15 is 0 Å². The van der Waals surface area contributed by atoms with Gasteiger partial charge < -0.3 is 14.6 Å². The van der Waals surface area contributed by atoms with E-state index in [4.69, 9.17) is 4.74 Å². The predicted octanol–water partition coefficient (Wildman–Crippen LogP) is 3.61. The van der Waals surface area contributed by atoms with Gasteiger partial charge in [0.2, 0.25) is 5.91 Å². The number of nitrogens with one attached hydrogen (secondary N) is 1. The summed E-state index contributed by atoms with van der Waals surface area (Å²) in [6, 6.07) is 4.62. The Kier molecular flexibility index (Phi) is 5.25. The van der Waals surface area contributed by atoms with Crippen LogP contribution in [0, 0.1) is 12.7 Å². The molecule has 0 bridgehead atoms. The van der Waals surface area contributed by atoms with Gasteiger partial charge in [0.25, 0.3) is 0 Å². The second-order valence-electron chi connectivity index (χ2n) is 6.13. The van der Waals surface area contributed by atoms with Gasteiger partial charge in [-0.3, -0.25) is 4.79 Å². The molecule has 2 aromatic rings. The molecule has 0 spiro atoms. The number of carbonyl (C=O) groups is 1. The first-order valence-corrected chi connectivity index (χ1v) is 8.35. The summed E-state index contributed by atoms with van der Waals surface area (Å²) in [5.74, 6) is 0.0280. The lowest BCUT2D eigenvalue weighted by Gasteiger charge is -2.21. The lowest BCUT2D eigenvalue weighted by Crippen LogP contribution is -2.24. The van der Waals surface area contributed by atoms with Gasteiger partial charge in [0.15, 0.2) is 0 Å². The van der Waals surface area contributed by atoms with Crippen molar-refractivity contribution < 1.29 is 13.9 Å². The lowest BCUT2D eigenvalue weighted by molar-refractivity contribution is -0.123. The summed E-state index contributed by atoms with van der Waals surface area (Å²) >= 11 is 0. The van der Waals surface area contributed by atoms with Crippen LogP contribution in [-0.4, -0.2) is 28.2 Å². The minimum atomic E-state index is -0.415. The van der Waals surface area contributed by atoms with Crippen LogP contribution in [0.3, 0.4) is 0 Å². The van der Waals surface area contributed by atoms with E-state index in [1.54, 1.807) is 36.0 Å². The fourth-order valence-corrected chi connectivity index (χ4v) is 3.03. The van der Waals surface area contributed by atoms with Gasteiger partial charge in [-0.1, -0.05) is 19.3 Å². The third-order valence-corrected chi connectivity index (χ3v) is 4.32. The summed E-state index contributed by atoms with van der Waals surface area (Å²) in [7, 11) is 0. The first-order chi connectivity index (χ1) is 11.6. The van der Waals surface area contributed by atoms with Crippen molar-refractivity contribution in [2.24, 2.45) is 0 Å². The Morgan fingerprint density at radius 3 is 2.83 bits per heavy atom. The number of amides is 1. The maximum absolute atomic E-state index is 14.3. The number of anilines is 1. The Bertz CT molecular complexity index is 708. The minimum Gasteiger partial charge on any atom is -0.368 e. The maximum Gasteiger partial charge on any atom is 0.250 e. The number of ether oxygens (including phenoxy) is 1. The molecule has 3 rings (SSSR count). The average Bonchev–Trinajstić information content (AvgIpc) is 3.00. The lowest BCUT2D eigenvalue weighted by atomic mass is 9.98. The fourth-order valence-electron chi connectivity index (χ4n) is 3.03. The smallest absolute Gasteiger partial charge is 0.250 e. The highest BCUT2D eigenvalue weighted by molar-refractivity contribution is 5.91. The molecule has 1 aromatic heterocycles. The highest BCUT2D eigenvalue weighted by atomic mass is 19.1. The van der Waals surface area contributed by atoms with Gasteiger partial charge in [-0.05, 0) is 38.0 Å². The van der Waals surface area contributed by atoms with Gasteiger partial charge in [-0.15, -0.1) is 0 Å². The topological polar surface area (TPSA) is 56.2 Å². The SMILES string of the molecule is Cc1nccn1-c1ccc(NC(=O)COC2CCCCC2)cc1F. The van der Waals surface area contributed by atoms with E-state index in [-0.39, 0.29) is 18.6 Å². The molecular weight excluding hydrogens is 309 g/mol. The molecule has 0 radical (unpaired) electrons. The summed E-state index contributed by atoms with van der Waals surface area (Å²) in [6.07, 6.45) is 9.08. The molecule has 1 aliphatic carbocycles. The van der Waals surface area contributed by atoms with Crippen molar-refractivity contribution in [1.82, 2.24) is 9.55 Å². The highest BCUT2D eigenvalue weighted by Gasteiger charge is 2.15.